The predicted molar refractivity (Wildman–Crippen MR) is 89.1 cm³/mol. The van der Waals surface area contributed by atoms with Crippen LogP contribution in [0.1, 0.15) is 41.4 Å². The van der Waals surface area contributed by atoms with E-state index in [0.29, 0.717) is 6.04 Å². The van der Waals surface area contributed by atoms with Crippen molar-refractivity contribution in [3.8, 4) is 0 Å². The number of piperidine rings is 1. The molecule has 0 radical (unpaired) electrons. The van der Waals surface area contributed by atoms with Crippen molar-refractivity contribution in [3.63, 3.8) is 0 Å². The van der Waals surface area contributed by atoms with Gasteiger partial charge in [-0.2, -0.15) is 0 Å². The summed E-state index contributed by atoms with van der Waals surface area (Å²) in [5, 5.41) is 4.36. The molecule has 0 amide bonds. The fourth-order valence-corrected chi connectivity index (χ4v) is 5.01. The van der Waals surface area contributed by atoms with Gasteiger partial charge in [0.1, 0.15) is 11.2 Å². The zero-order valence-electron chi connectivity index (χ0n) is 12.2. The highest BCUT2D eigenvalue weighted by Gasteiger charge is 2.28. The van der Waals surface area contributed by atoms with Gasteiger partial charge in [0.05, 0.1) is 11.7 Å². The maximum atomic E-state index is 4.72. The van der Waals surface area contributed by atoms with E-state index in [4.69, 9.17) is 4.98 Å². The lowest BCUT2D eigenvalue weighted by Gasteiger charge is -2.34. The minimum atomic E-state index is 0.476. The quantitative estimate of drug-likeness (QED) is 0.709. The molecular formula is C16H19N3S2. The van der Waals surface area contributed by atoms with Crippen molar-refractivity contribution in [2.75, 3.05) is 6.54 Å². The molecule has 110 valence electrons. The minimum absolute atomic E-state index is 0.476. The highest BCUT2D eigenvalue weighted by atomic mass is 32.1. The van der Waals surface area contributed by atoms with E-state index >= 15 is 0 Å². The van der Waals surface area contributed by atoms with Crippen molar-refractivity contribution < 1.29 is 0 Å². The first kappa shape index (κ1) is 13.5. The molecule has 0 N–H and O–H groups in total. The van der Waals surface area contributed by atoms with E-state index in [2.05, 4.69) is 39.2 Å². The maximum Gasteiger partial charge on any atom is 0.124 e. The van der Waals surface area contributed by atoms with Gasteiger partial charge in [0.25, 0.3) is 0 Å². The summed E-state index contributed by atoms with van der Waals surface area (Å²) in [4.78, 5) is 10.2. The second-order valence-electron chi connectivity index (χ2n) is 5.75. The van der Waals surface area contributed by atoms with Crippen LogP contribution in [-0.4, -0.2) is 20.8 Å². The number of thiazole rings is 1. The second-order valence-corrected chi connectivity index (χ2v) is 7.65. The van der Waals surface area contributed by atoms with Crippen molar-refractivity contribution in [1.29, 1.82) is 0 Å². The largest absolute Gasteiger partial charge is 0.297 e. The Labute approximate surface area is 132 Å². The number of rotatable bonds is 3. The number of nitrogens with zero attached hydrogens (tertiary/aromatic N) is 3. The lowest BCUT2D eigenvalue weighted by molar-refractivity contribution is 0.140. The van der Waals surface area contributed by atoms with E-state index in [1.165, 1.54) is 46.8 Å². The number of hydrogen-bond acceptors (Lipinski definition) is 4. The van der Waals surface area contributed by atoms with Gasteiger partial charge in [-0.05, 0) is 43.3 Å². The van der Waals surface area contributed by atoms with Gasteiger partial charge in [0.2, 0.25) is 0 Å². The van der Waals surface area contributed by atoms with Crippen molar-refractivity contribution >= 4 is 27.5 Å². The molecule has 0 aliphatic carbocycles. The average Bonchev–Trinajstić information content (AvgIpc) is 3.18. The van der Waals surface area contributed by atoms with E-state index in [0.717, 1.165) is 6.54 Å². The lowest BCUT2D eigenvalue weighted by Crippen LogP contribution is -2.33. The highest BCUT2D eigenvalue weighted by molar-refractivity contribution is 7.15. The Bertz CT molecular complexity index is 739. The van der Waals surface area contributed by atoms with Crippen LogP contribution in [0, 0.1) is 6.92 Å². The van der Waals surface area contributed by atoms with Crippen LogP contribution in [0.5, 0.6) is 0 Å². The number of aromatic nitrogens is 2. The molecule has 1 fully saturated rings. The zero-order valence-corrected chi connectivity index (χ0v) is 13.8. The van der Waals surface area contributed by atoms with Gasteiger partial charge in [0.15, 0.2) is 0 Å². The number of hydrogen-bond donors (Lipinski definition) is 0. The van der Waals surface area contributed by atoms with Crippen LogP contribution in [0.2, 0.25) is 0 Å². The first-order chi connectivity index (χ1) is 10.3. The van der Waals surface area contributed by atoms with Crippen LogP contribution in [0.3, 0.4) is 0 Å². The summed E-state index contributed by atoms with van der Waals surface area (Å²) in [5.41, 5.74) is 2.70. The topological polar surface area (TPSA) is 20.5 Å². The van der Waals surface area contributed by atoms with E-state index in [1.807, 2.05) is 17.7 Å². The molecule has 0 aromatic carbocycles. The van der Waals surface area contributed by atoms with Gasteiger partial charge >= 0.3 is 0 Å². The zero-order chi connectivity index (χ0) is 14.2. The molecule has 0 spiro atoms. The van der Waals surface area contributed by atoms with Gasteiger partial charge in [0, 0.05) is 23.0 Å². The van der Waals surface area contributed by atoms with Crippen molar-refractivity contribution in [1.82, 2.24) is 14.3 Å². The molecule has 1 atom stereocenters. The Morgan fingerprint density at radius 1 is 1.29 bits per heavy atom. The van der Waals surface area contributed by atoms with Crippen molar-refractivity contribution in [2.45, 2.75) is 38.8 Å². The van der Waals surface area contributed by atoms with Crippen LogP contribution in [-0.2, 0) is 6.54 Å². The molecule has 1 saturated heterocycles. The lowest BCUT2D eigenvalue weighted by atomic mass is 9.99. The SMILES string of the molecule is Cc1ccsc1CN1CCCC[C@@H]1c1ncn2ccsc12. The van der Waals surface area contributed by atoms with E-state index in [9.17, 15) is 0 Å². The number of thiophene rings is 1. The Morgan fingerprint density at radius 3 is 3.10 bits per heavy atom. The molecule has 0 bridgehead atoms. The minimum Gasteiger partial charge on any atom is -0.297 e. The smallest absolute Gasteiger partial charge is 0.124 e. The number of likely N-dealkylation sites (tertiary alicyclic amines) is 1. The number of imidazole rings is 1. The summed E-state index contributed by atoms with van der Waals surface area (Å²) in [5.74, 6) is 0. The Morgan fingerprint density at radius 2 is 2.24 bits per heavy atom. The summed E-state index contributed by atoms with van der Waals surface area (Å²) >= 11 is 3.69. The van der Waals surface area contributed by atoms with Gasteiger partial charge < -0.3 is 0 Å². The third kappa shape index (κ3) is 2.43. The van der Waals surface area contributed by atoms with Gasteiger partial charge in [-0.3, -0.25) is 9.30 Å². The summed E-state index contributed by atoms with van der Waals surface area (Å²) < 4.78 is 2.16. The molecule has 0 unspecified atom stereocenters. The fraction of sp³-hybridized carbons (Fsp3) is 0.438. The standard InChI is InChI=1S/C16H19N3S2/c1-12-5-8-20-14(12)10-18-6-3-2-4-13(18)15-16-19(11-17-15)7-9-21-16/h5,7-9,11,13H,2-4,6,10H2,1H3/t13-/m1/s1. The van der Waals surface area contributed by atoms with E-state index in [-0.39, 0.29) is 0 Å². The molecular weight excluding hydrogens is 298 g/mol. The Balaban J connectivity index is 1.65. The van der Waals surface area contributed by atoms with Crippen molar-refractivity contribution in [3.05, 3.63) is 45.5 Å². The van der Waals surface area contributed by atoms with Crippen LogP contribution in [0.4, 0.5) is 0 Å². The third-order valence-electron chi connectivity index (χ3n) is 4.42. The normalized spacial score (nSPS) is 20.3. The molecule has 5 heteroatoms. The highest BCUT2D eigenvalue weighted by Crippen LogP contribution is 2.35. The Kier molecular flexibility index (Phi) is 3.57. The first-order valence-corrected chi connectivity index (χ1v) is 9.26. The van der Waals surface area contributed by atoms with Crippen molar-refractivity contribution in [2.24, 2.45) is 0 Å². The number of fused-ring (bicyclic) bond motifs is 1. The van der Waals surface area contributed by atoms with Crippen LogP contribution < -0.4 is 0 Å². The molecule has 0 saturated carbocycles. The molecule has 21 heavy (non-hydrogen) atoms. The van der Waals surface area contributed by atoms with Crippen LogP contribution in [0.15, 0.2) is 29.4 Å². The monoisotopic (exact) mass is 317 g/mol. The molecule has 1 aliphatic rings. The molecule has 4 heterocycles. The van der Waals surface area contributed by atoms with Gasteiger partial charge in [-0.25, -0.2) is 4.98 Å². The second kappa shape index (κ2) is 5.55. The van der Waals surface area contributed by atoms with E-state index < -0.39 is 0 Å². The van der Waals surface area contributed by atoms with Crippen LogP contribution in [0.25, 0.3) is 4.83 Å². The summed E-state index contributed by atoms with van der Waals surface area (Å²) in [6.45, 7) is 4.48. The summed E-state index contributed by atoms with van der Waals surface area (Å²) in [6, 6.07) is 2.71. The molecule has 4 rings (SSSR count). The van der Waals surface area contributed by atoms with Crippen LogP contribution >= 0.6 is 22.7 Å². The fourth-order valence-electron chi connectivity index (χ4n) is 3.22. The molecule has 3 aromatic heterocycles. The predicted octanol–water partition coefficient (Wildman–Crippen LogP) is 4.49. The van der Waals surface area contributed by atoms with E-state index in [1.54, 1.807) is 11.3 Å². The molecule has 3 aromatic rings. The summed E-state index contributed by atoms with van der Waals surface area (Å²) in [7, 11) is 0. The number of aryl methyl sites for hydroxylation is 1. The summed E-state index contributed by atoms with van der Waals surface area (Å²) in [6.07, 6.45) is 7.92. The molecule has 3 nitrogen and oxygen atoms in total. The third-order valence-corrected chi connectivity index (χ3v) is 6.33. The average molecular weight is 317 g/mol. The Hall–Kier alpha value is -1.17. The molecule has 1 aliphatic heterocycles. The van der Waals surface area contributed by atoms with Gasteiger partial charge in [-0.15, -0.1) is 22.7 Å². The first-order valence-electron chi connectivity index (χ1n) is 7.50. The maximum absolute atomic E-state index is 4.72. The van der Waals surface area contributed by atoms with Gasteiger partial charge in [-0.1, -0.05) is 6.42 Å².